The second kappa shape index (κ2) is 6.94. The Bertz CT molecular complexity index is 238. The molecule has 3 heteroatoms. The predicted molar refractivity (Wildman–Crippen MR) is 58.2 cm³/mol. The summed E-state index contributed by atoms with van der Waals surface area (Å²) in [4.78, 5) is 10.9. The van der Waals surface area contributed by atoms with Crippen LogP contribution in [0.4, 0.5) is 0 Å². The highest BCUT2D eigenvalue weighted by Crippen LogP contribution is 2.25. The van der Waals surface area contributed by atoms with E-state index in [4.69, 9.17) is 4.52 Å². The number of hydrogen-bond acceptors (Lipinski definition) is 2. The van der Waals surface area contributed by atoms with Gasteiger partial charge in [-0.05, 0) is 31.0 Å². The Balaban J connectivity index is 2.10. The van der Waals surface area contributed by atoms with Crippen LogP contribution in [0.15, 0.2) is 30.3 Å². The molecular formula is C11H16O2P-. The maximum absolute atomic E-state index is 10.9. The van der Waals surface area contributed by atoms with Crippen molar-refractivity contribution >= 4 is 8.38 Å². The first-order valence-electron chi connectivity index (χ1n) is 4.85. The van der Waals surface area contributed by atoms with Crippen molar-refractivity contribution in [1.82, 2.24) is 0 Å². The van der Waals surface area contributed by atoms with E-state index >= 15 is 0 Å². The van der Waals surface area contributed by atoms with Crippen molar-refractivity contribution in [1.29, 1.82) is 0 Å². The van der Waals surface area contributed by atoms with Crippen LogP contribution in [0.3, 0.4) is 0 Å². The zero-order valence-electron chi connectivity index (χ0n) is 8.48. The minimum Gasteiger partial charge on any atom is -0.808 e. The van der Waals surface area contributed by atoms with Gasteiger partial charge in [0, 0.05) is 7.11 Å². The largest absolute Gasteiger partial charge is 0.808 e. The molecule has 1 aromatic carbocycles. The van der Waals surface area contributed by atoms with Crippen LogP contribution in [0.5, 0.6) is 0 Å². The molecule has 0 saturated carbocycles. The molecule has 1 atom stereocenters. The van der Waals surface area contributed by atoms with Gasteiger partial charge in [0.05, 0.1) is 0 Å². The summed E-state index contributed by atoms with van der Waals surface area (Å²) in [6.07, 6.45) is 3.79. The molecule has 0 aliphatic rings. The summed E-state index contributed by atoms with van der Waals surface area (Å²) < 4.78 is 4.71. The Morgan fingerprint density at radius 1 is 1.21 bits per heavy atom. The van der Waals surface area contributed by atoms with Crippen LogP contribution in [0.2, 0.25) is 0 Å². The van der Waals surface area contributed by atoms with Crippen molar-refractivity contribution in [2.75, 3.05) is 13.3 Å². The summed E-state index contributed by atoms with van der Waals surface area (Å²) in [5, 5.41) is 0. The number of rotatable bonds is 6. The monoisotopic (exact) mass is 211 g/mol. The van der Waals surface area contributed by atoms with Crippen LogP contribution in [0, 0.1) is 0 Å². The van der Waals surface area contributed by atoms with Gasteiger partial charge in [-0.2, -0.15) is 0 Å². The van der Waals surface area contributed by atoms with Gasteiger partial charge in [0.25, 0.3) is 0 Å². The molecule has 1 aromatic rings. The first kappa shape index (κ1) is 11.6. The van der Waals surface area contributed by atoms with Crippen LogP contribution < -0.4 is 4.89 Å². The lowest BCUT2D eigenvalue weighted by Crippen LogP contribution is -2.00. The quantitative estimate of drug-likeness (QED) is 0.534. The Kier molecular flexibility index (Phi) is 5.77. The highest BCUT2D eigenvalue weighted by Gasteiger charge is 1.94. The van der Waals surface area contributed by atoms with E-state index in [1.54, 1.807) is 0 Å². The third-order valence-corrected chi connectivity index (χ3v) is 3.19. The minimum atomic E-state index is -1.41. The summed E-state index contributed by atoms with van der Waals surface area (Å²) >= 11 is 0. The minimum absolute atomic E-state index is 0.679. The Labute approximate surface area is 86.8 Å². The smallest absolute Gasteiger partial charge is 0.0381 e. The zero-order chi connectivity index (χ0) is 10.2. The highest BCUT2D eigenvalue weighted by atomic mass is 31.2. The van der Waals surface area contributed by atoms with Crippen molar-refractivity contribution in [3.05, 3.63) is 35.9 Å². The molecule has 0 N–H and O–H groups in total. The first-order chi connectivity index (χ1) is 6.83. The molecule has 1 unspecified atom stereocenters. The third-order valence-electron chi connectivity index (χ3n) is 2.10. The van der Waals surface area contributed by atoms with E-state index < -0.39 is 8.38 Å². The van der Waals surface area contributed by atoms with Gasteiger partial charge >= 0.3 is 0 Å². The number of hydrogen-bond donors (Lipinski definition) is 0. The van der Waals surface area contributed by atoms with Gasteiger partial charge in [-0.1, -0.05) is 38.7 Å². The molecule has 0 saturated heterocycles. The second-order valence-electron chi connectivity index (χ2n) is 3.18. The molecule has 0 spiro atoms. The van der Waals surface area contributed by atoms with Gasteiger partial charge < -0.3 is 9.42 Å². The van der Waals surface area contributed by atoms with E-state index in [0.29, 0.717) is 6.16 Å². The lowest BCUT2D eigenvalue weighted by Gasteiger charge is -2.19. The summed E-state index contributed by atoms with van der Waals surface area (Å²) in [6, 6.07) is 10.4. The molecule has 0 aromatic heterocycles. The van der Waals surface area contributed by atoms with Gasteiger partial charge in [0.1, 0.15) is 0 Å². The van der Waals surface area contributed by atoms with Gasteiger partial charge in [-0.15, -0.1) is 0 Å². The summed E-state index contributed by atoms with van der Waals surface area (Å²) in [5.74, 6) is 0. The summed E-state index contributed by atoms with van der Waals surface area (Å²) in [6.45, 7) is 0. The summed E-state index contributed by atoms with van der Waals surface area (Å²) in [7, 11) is 0.0871. The second-order valence-corrected chi connectivity index (χ2v) is 4.66. The molecule has 0 bridgehead atoms. The molecule has 0 aliphatic heterocycles. The van der Waals surface area contributed by atoms with Crippen LogP contribution in [0.1, 0.15) is 18.4 Å². The molecule has 14 heavy (non-hydrogen) atoms. The fourth-order valence-corrected chi connectivity index (χ4v) is 1.97. The van der Waals surface area contributed by atoms with Crippen LogP contribution in [-0.4, -0.2) is 13.3 Å². The number of benzene rings is 1. The predicted octanol–water partition coefficient (Wildman–Crippen LogP) is 2.33. The molecule has 0 radical (unpaired) electrons. The van der Waals surface area contributed by atoms with E-state index in [9.17, 15) is 4.89 Å². The number of unbranched alkanes of at least 4 members (excludes halogenated alkanes) is 1. The van der Waals surface area contributed by atoms with Gasteiger partial charge in [-0.25, -0.2) is 0 Å². The third kappa shape index (κ3) is 4.71. The molecule has 1 rings (SSSR count). The van der Waals surface area contributed by atoms with Crippen molar-refractivity contribution in [3.63, 3.8) is 0 Å². The first-order valence-corrected chi connectivity index (χ1v) is 6.22. The number of aryl methyl sites for hydroxylation is 1. The van der Waals surface area contributed by atoms with Crippen molar-refractivity contribution in [2.24, 2.45) is 0 Å². The summed E-state index contributed by atoms with van der Waals surface area (Å²) in [5.41, 5.74) is 1.35. The van der Waals surface area contributed by atoms with Crippen LogP contribution in [-0.2, 0) is 10.9 Å². The Hall–Kier alpha value is -0.430. The standard InChI is InChI=1S/C11H16O2P/c1-13-14(12)10-6-5-9-11-7-3-2-4-8-11/h2-4,7-8H,5-6,9-10H2,1H3/q-1. The molecule has 0 fully saturated rings. The van der Waals surface area contributed by atoms with E-state index in [2.05, 4.69) is 12.1 Å². The topological polar surface area (TPSA) is 32.3 Å². The average Bonchev–Trinajstić information content (AvgIpc) is 2.25. The molecular weight excluding hydrogens is 195 g/mol. The maximum atomic E-state index is 10.9. The van der Waals surface area contributed by atoms with Gasteiger partial charge in [-0.3, -0.25) is 0 Å². The Morgan fingerprint density at radius 2 is 1.93 bits per heavy atom. The van der Waals surface area contributed by atoms with E-state index in [0.717, 1.165) is 19.3 Å². The molecule has 0 amide bonds. The lowest BCUT2D eigenvalue weighted by atomic mass is 10.1. The van der Waals surface area contributed by atoms with Crippen molar-refractivity contribution in [3.8, 4) is 0 Å². The molecule has 0 heterocycles. The van der Waals surface area contributed by atoms with Crippen molar-refractivity contribution < 1.29 is 9.42 Å². The molecule has 78 valence electrons. The molecule has 2 nitrogen and oxygen atoms in total. The van der Waals surface area contributed by atoms with E-state index in [1.165, 1.54) is 12.7 Å². The van der Waals surface area contributed by atoms with Crippen LogP contribution in [0.25, 0.3) is 0 Å². The molecule has 0 aliphatic carbocycles. The Morgan fingerprint density at radius 3 is 2.57 bits per heavy atom. The van der Waals surface area contributed by atoms with Gasteiger partial charge in [0.2, 0.25) is 0 Å². The van der Waals surface area contributed by atoms with Crippen LogP contribution >= 0.6 is 8.38 Å². The highest BCUT2D eigenvalue weighted by molar-refractivity contribution is 7.44. The fraction of sp³-hybridized carbons (Fsp3) is 0.455. The van der Waals surface area contributed by atoms with Crippen molar-refractivity contribution in [2.45, 2.75) is 19.3 Å². The van der Waals surface area contributed by atoms with E-state index in [1.807, 2.05) is 18.2 Å². The maximum Gasteiger partial charge on any atom is 0.0381 e. The normalized spacial score (nSPS) is 12.7. The zero-order valence-corrected chi connectivity index (χ0v) is 9.37. The SMILES string of the molecule is COP([O-])CCCCc1ccccc1. The van der Waals surface area contributed by atoms with Gasteiger partial charge in [0.15, 0.2) is 0 Å². The lowest BCUT2D eigenvalue weighted by molar-refractivity contribution is -0.178. The average molecular weight is 211 g/mol. The fourth-order valence-electron chi connectivity index (χ4n) is 1.31. The van der Waals surface area contributed by atoms with E-state index in [-0.39, 0.29) is 0 Å².